The Labute approximate surface area is 154 Å². The van der Waals surface area contributed by atoms with Gasteiger partial charge in [0.05, 0.1) is 18.4 Å². The van der Waals surface area contributed by atoms with Crippen LogP contribution in [-0.2, 0) is 35.6 Å². The molecule has 25 heavy (non-hydrogen) atoms. The molecule has 8 heteroatoms. The van der Waals surface area contributed by atoms with Crippen LogP contribution < -0.4 is 5.73 Å². The first kappa shape index (κ1) is 20.2. The molecule has 2 heterocycles. The molecule has 7 nitrogen and oxygen atoms in total. The number of halogens is 1. The van der Waals surface area contributed by atoms with Gasteiger partial charge in [-0.2, -0.15) is 5.10 Å². The topological polar surface area (TPSA) is 93.6 Å². The summed E-state index contributed by atoms with van der Waals surface area (Å²) in [5.41, 5.74) is 9.03. The van der Waals surface area contributed by atoms with Crippen molar-refractivity contribution >= 4 is 18.3 Å². The van der Waals surface area contributed by atoms with E-state index in [0.29, 0.717) is 25.2 Å². The van der Waals surface area contributed by atoms with Crippen molar-refractivity contribution in [2.75, 3.05) is 13.7 Å². The van der Waals surface area contributed by atoms with Crippen molar-refractivity contribution in [2.24, 2.45) is 11.7 Å². The fraction of sp³-hybridized carbons (Fsp3) is 0.765. The van der Waals surface area contributed by atoms with Crippen molar-refractivity contribution in [1.29, 1.82) is 0 Å². The average Bonchev–Trinajstić information content (AvgIpc) is 2.98. The number of fused-ring (bicyclic) bond motifs is 1. The van der Waals surface area contributed by atoms with E-state index in [9.17, 15) is 9.90 Å². The second-order valence-corrected chi connectivity index (χ2v) is 6.80. The molecule has 142 valence electrons. The predicted octanol–water partition coefficient (Wildman–Crippen LogP) is 0.844. The second kappa shape index (κ2) is 8.49. The Hall–Kier alpha value is -1.15. The Balaban J connectivity index is 0.00000225. The molecule has 0 radical (unpaired) electrons. The van der Waals surface area contributed by atoms with Crippen LogP contribution in [0, 0.1) is 5.92 Å². The van der Waals surface area contributed by atoms with Crippen LogP contribution >= 0.6 is 12.4 Å². The zero-order chi connectivity index (χ0) is 17.3. The molecular weight excluding hydrogens is 344 g/mol. The lowest BCUT2D eigenvalue weighted by Gasteiger charge is -2.36. The van der Waals surface area contributed by atoms with Gasteiger partial charge in [0.1, 0.15) is 0 Å². The van der Waals surface area contributed by atoms with E-state index in [2.05, 4.69) is 5.10 Å². The number of aromatic nitrogens is 2. The number of aliphatic hydroxyl groups excluding tert-OH is 1. The lowest BCUT2D eigenvalue weighted by Crippen LogP contribution is -2.47. The molecule has 2 aliphatic rings. The molecule has 3 atom stereocenters. The summed E-state index contributed by atoms with van der Waals surface area (Å²) in [7, 11) is 1.68. The van der Waals surface area contributed by atoms with Gasteiger partial charge in [-0.05, 0) is 26.2 Å². The summed E-state index contributed by atoms with van der Waals surface area (Å²) in [4.78, 5) is 14.8. The van der Waals surface area contributed by atoms with Crippen LogP contribution in [0.25, 0.3) is 0 Å². The quantitative estimate of drug-likeness (QED) is 0.817. The van der Waals surface area contributed by atoms with E-state index in [1.54, 1.807) is 7.11 Å². The Morgan fingerprint density at radius 3 is 2.80 bits per heavy atom. The summed E-state index contributed by atoms with van der Waals surface area (Å²) in [5, 5.41) is 14.0. The number of aryl methyl sites for hydroxylation is 1. The highest BCUT2D eigenvalue weighted by Gasteiger charge is 2.36. The molecule has 0 saturated heterocycles. The lowest BCUT2D eigenvalue weighted by atomic mass is 9.83. The number of hydrogen-bond acceptors (Lipinski definition) is 5. The van der Waals surface area contributed by atoms with Gasteiger partial charge in [0, 0.05) is 56.4 Å². The zero-order valence-corrected chi connectivity index (χ0v) is 15.8. The molecule has 3 rings (SSSR count). The van der Waals surface area contributed by atoms with Crippen molar-refractivity contribution in [3.05, 3.63) is 17.0 Å². The SMILES string of the molecule is CCn1nc(CO)c2c1CCN(C(=O)[C@H]1CC[C@@H](OC)[C@H](N)C1)C2.Cl. The van der Waals surface area contributed by atoms with Gasteiger partial charge in [0.15, 0.2) is 0 Å². The molecule has 0 spiro atoms. The molecule has 1 amide bonds. The predicted molar refractivity (Wildman–Crippen MR) is 96.3 cm³/mol. The monoisotopic (exact) mass is 372 g/mol. The molecule has 0 unspecified atom stereocenters. The number of ether oxygens (including phenoxy) is 1. The van der Waals surface area contributed by atoms with E-state index in [0.717, 1.165) is 37.1 Å². The minimum atomic E-state index is -0.0822. The van der Waals surface area contributed by atoms with Gasteiger partial charge in [-0.15, -0.1) is 12.4 Å². The van der Waals surface area contributed by atoms with E-state index >= 15 is 0 Å². The Morgan fingerprint density at radius 2 is 2.20 bits per heavy atom. The van der Waals surface area contributed by atoms with Crippen LogP contribution in [0.2, 0.25) is 0 Å². The Kier molecular flexibility index (Phi) is 6.85. The standard InChI is InChI=1S/C17H28N4O3.ClH/c1-3-21-15-6-7-20(9-12(15)14(10-22)19-21)17(23)11-4-5-16(24-2)13(18)8-11;/h11,13,16,22H,3-10,18H2,1-2H3;1H/t11-,13+,16+;/m0./s1. The third kappa shape index (κ3) is 3.84. The molecule has 1 aliphatic heterocycles. The number of hydrogen-bond donors (Lipinski definition) is 2. The fourth-order valence-electron chi connectivity index (χ4n) is 4.09. The number of aliphatic hydroxyl groups is 1. The largest absolute Gasteiger partial charge is 0.390 e. The molecule has 1 aromatic rings. The fourth-order valence-corrected chi connectivity index (χ4v) is 4.09. The number of nitrogens with two attached hydrogens (primary N) is 1. The normalized spacial score (nSPS) is 26.1. The minimum Gasteiger partial charge on any atom is -0.390 e. The summed E-state index contributed by atoms with van der Waals surface area (Å²) >= 11 is 0. The van der Waals surface area contributed by atoms with Crippen LogP contribution in [0.5, 0.6) is 0 Å². The Bertz CT molecular complexity index is 607. The summed E-state index contributed by atoms with van der Waals surface area (Å²) in [5.74, 6) is 0.158. The molecule has 0 bridgehead atoms. The van der Waals surface area contributed by atoms with E-state index in [1.165, 1.54) is 0 Å². The minimum absolute atomic E-state index is 0. The second-order valence-electron chi connectivity index (χ2n) is 6.80. The Morgan fingerprint density at radius 1 is 1.44 bits per heavy atom. The van der Waals surface area contributed by atoms with Crippen molar-refractivity contribution in [3.8, 4) is 0 Å². The van der Waals surface area contributed by atoms with Gasteiger partial charge < -0.3 is 20.5 Å². The van der Waals surface area contributed by atoms with E-state index in [1.807, 2.05) is 16.5 Å². The van der Waals surface area contributed by atoms with E-state index < -0.39 is 0 Å². The van der Waals surface area contributed by atoms with Crippen LogP contribution in [0.1, 0.15) is 43.1 Å². The first-order chi connectivity index (χ1) is 11.6. The summed E-state index contributed by atoms with van der Waals surface area (Å²) < 4.78 is 7.33. The smallest absolute Gasteiger partial charge is 0.226 e. The van der Waals surface area contributed by atoms with Crippen LogP contribution in [0.4, 0.5) is 0 Å². The van der Waals surface area contributed by atoms with Gasteiger partial charge in [0.25, 0.3) is 0 Å². The van der Waals surface area contributed by atoms with E-state index in [4.69, 9.17) is 10.5 Å². The van der Waals surface area contributed by atoms with Crippen LogP contribution in [-0.4, -0.2) is 51.5 Å². The number of amides is 1. The number of nitrogens with zero attached hydrogens (tertiary/aromatic N) is 3. The zero-order valence-electron chi connectivity index (χ0n) is 15.0. The number of rotatable bonds is 4. The van der Waals surface area contributed by atoms with Gasteiger partial charge in [-0.1, -0.05) is 0 Å². The maximum absolute atomic E-state index is 12.9. The molecule has 0 aromatic carbocycles. The number of carbonyl (C=O) groups excluding carboxylic acids is 1. The van der Waals surface area contributed by atoms with Crippen molar-refractivity contribution in [1.82, 2.24) is 14.7 Å². The van der Waals surface area contributed by atoms with Crippen molar-refractivity contribution in [3.63, 3.8) is 0 Å². The van der Waals surface area contributed by atoms with Gasteiger partial charge in [-0.3, -0.25) is 9.48 Å². The first-order valence-corrected chi connectivity index (χ1v) is 8.84. The molecule has 1 aliphatic carbocycles. The highest BCUT2D eigenvalue weighted by atomic mass is 35.5. The van der Waals surface area contributed by atoms with Crippen molar-refractivity contribution in [2.45, 2.75) is 64.4 Å². The molecule has 3 N–H and O–H groups in total. The molecular formula is C17H29ClN4O3. The summed E-state index contributed by atoms with van der Waals surface area (Å²) in [6, 6.07) is -0.0751. The van der Waals surface area contributed by atoms with Gasteiger partial charge in [0.2, 0.25) is 5.91 Å². The highest BCUT2D eigenvalue weighted by molar-refractivity contribution is 5.85. The lowest BCUT2D eigenvalue weighted by molar-refractivity contribution is -0.138. The van der Waals surface area contributed by atoms with Crippen molar-refractivity contribution < 1.29 is 14.6 Å². The average molecular weight is 373 g/mol. The van der Waals surface area contributed by atoms with Gasteiger partial charge >= 0.3 is 0 Å². The highest BCUT2D eigenvalue weighted by Crippen LogP contribution is 2.30. The van der Waals surface area contributed by atoms with E-state index in [-0.39, 0.29) is 43.0 Å². The van der Waals surface area contributed by atoms with Crippen LogP contribution in [0.3, 0.4) is 0 Å². The number of methoxy groups -OCH3 is 1. The maximum Gasteiger partial charge on any atom is 0.226 e. The first-order valence-electron chi connectivity index (χ1n) is 8.84. The number of carbonyl (C=O) groups is 1. The third-order valence-electron chi connectivity index (χ3n) is 5.46. The van der Waals surface area contributed by atoms with Crippen LogP contribution in [0.15, 0.2) is 0 Å². The maximum atomic E-state index is 12.9. The summed E-state index contributed by atoms with van der Waals surface area (Å²) in [6.45, 7) is 4.00. The summed E-state index contributed by atoms with van der Waals surface area (Å²) in [6.07, 6.45) is 3.20. The third-order valence-corrected chi connectivity index (χ3v) is 5.46. The van der Waals surface area contributed by atoms with Gasteiger partial charge in [-0.25, -0.2) is 0 Å². The molecule has 1 aromatic heterocycles. The molecule has 1 saturated carbocycles. The molecule has 1 fully saturated rings.